The number of hydrogen-bond donors (Lipinski definition) is 3. The Labute approximate surface area is 185 Å². The van der Waals surface area contributed by atoms with E-state index in [1.54, 1.807) is 6.92 Å². The number of nitrogens with one attached hydrogen (secondary N) is 3. The van der Waals surface area contributed by atoms with Crippen molar-refractivity contribution in [3.63, 3.8) is 0 Å². The number of thiophene rings is 1. The summed E-state index contributed by atoms with van der Waals surface area (Å²) >= 11 is 2.89. The van der Waals surface area contributed by atoms with Crippen molar-refractivity contribution < 1.29 is 9.59 Å². The lowest BCUT2D eigenvalue weighted by atomic mass is 10.2. The fourth-order valence-electron chi connectivity index (χ4n) is 3.00. The molecule has 1 atom stereocenters. The molecule has 4 aromatic rings. The van der Waals surface area contributed by atoms with E-state index in [0.717, 1.165) is 20.7 Å². The highest BCUT2D eigenvalue weighted by Crippen LogP contribution is 2.26. The molecule has 0 aliphatic rings. The Kier molecular flexibility index (Phi) is 5.70. The van der Waals surface area contributed by atoms with Crippen molar-refractivity contribution in [1.82, 2.24) is 25.4 Å². The number of fused-ring (bicyclic) bond motifs is 2. The summed E-state index contributed by atoms with van der Waals surface area (Å²) in [7, 11) is 0. The van der Waals surface area contributed by atoms with Crippen molar-refractivity contribution in [3.8, 4) is 0 Å². The number of hydrogen-bond acceptors (Lipinski definition) is 8. The van der Waals surface area contributed by atoms with Crippen LogP contribution in [0.2, 0.25) is 0 Å². The first-order chi connectivity index (χ1) is 14.8. The van der Waals surface area contributed by atoms with Crippen LogP contribution in [0.4, 0.5) is 5.13 Å². The van der Waals surface area contributed by atoms with Gasteiger partial charge in [-0.25, -0.2) is 9.97 Å². The molecule has 0 saturated heterocycles. The second kappa shape index (κ2) is 8.44. The molecule has 0 bridgehead atoms. The zero-order valence-corrected chi connectivity index (χ0v) is 18.7. The van der Waals surface area contributed by atoms with E-state index in [4.69, 9.17) is 0 Å². The van der Waals surface area contributed by atoms with Crippen LogP contribution in [0.3, 0.4) is 0 Å². The number of rotatable bonds is 5. The molecule has 31 heavy (non-hydrogen) atoms. The number of aryl methyl sites for hydroxylation is 2. The highest BCUT2D eigenvalue weighted by atomic mass is 32.1. The van der Waals surface area contributed by atoms with Crippen LogP contribution < -0.4 is 21.7 Å². The number of para-hydroxylation sites is 1. The smallest absolute Gasteiger partial charge is 0.262 e. The van der Waals surface area contributed by atoms with Crippen LogP contribution in [0.5, 0.6) is 0 Å². The molecule has 0 aliphatic heterocycles. The number of nitrogens with zero attached hydrogens (tertiary/aromatic N) is 3. The molecular weight excluding hydrogens is 436 g/mol. The van der Waals surface area contributed by atoms with Gasteiger partial charge in [-0.15, -0.1) is 11.3 Å². The summed E-state index contributed by atoms with van der Waals surface area (Å²) in [5.41, 5.74) is 6.15. The third-order valence-corrected chi connectivity index (χ3v) is 6.90. The van der Waals surface area contributed by atoms with Crippen molar-refractivity contribution in [2.45, 2.75) is 33.4 Å². The second-order valence-corrected chi connectivity index (χ2v) is 9.27. The fourth-order valence-corrected chi connectivity index (χ4v) is 4.94. The van der Waals surface area contributed by atoms with Gasteiger partial charge in [-0.1, -0.05) is 23.5 Å². The Morgan fingerprint density at radius 1 is 1.16 bits per heavy atom. The summed E-state index contributed by atoms with van der Waals surface area (Å²) in [6.07, 6.45) is 1.35. The molecule has 3 N–H and O–H groups in total. The van der Waals surface area contributed by atoms with Crippen LogP contribution in [-0.2, 0) is 16.1 Å². The van der Waals surface area contributed by atoms with E-state index in [9.17, 15) is 14.4 Å². The largest absolute Gasteiger partial charge is 0.350 e. The third kappa shape index (κ3) is 4.28. The van der Waals surface area contributed by atoms with Gasteiger partial charge in [-0.3, -0.25) is 29.8 Å². The van der Waals surface area contributed by atoms with Crippen LogP contribution >= 0.6 is 22.7 Å². The monoisotopic (exact) mass is 456 g/mol. The number of carbonyl (C=O) groups is 2. The summed E-state index contributed by atoms with van der Waals surface area (Å²) in [5.74, 6) is -0.966. The number of aromatic nitrogens is 3. The van der Waals surface area contributed by atoms with Gasteiger partial charge in [0, 0.05) is 4.88 Å². The first-order valence-corrected chi connectivity index (χ1v) is 11.1. The Morgan fingerprint density at radius 3 is 2.71 bits per heavy atom. The Morgan fingerprint density at radius 2 is 1.94 bits per heavy atom. The average molecular weight is 457 g/mol. The SMILES string of the molecule is Cc1sc2ncn(CC(=O)NNC(=O)C(C)Nc3nc4ccccc4s3)c(=O)c2c1C. The summed E-state index contributed by atoms with van der Waals surface area (Å²) in [5, 5.41) is 4.16. The summed E-state index contributed by atoms with van der Waals surface area (Å²) in [6.45, 7) is 5.20. The molecule has 0 fully saturated rings. The maximum absolute atomic E-state index is 12.7. The van der Waals surface area contributed by atoms with E-state index in [1.165, 1.54) is 33.6 Å². The quantitative estimate of drug-likeness (QED) is 0.397. The Hall–Kier alpha value is -3.31. The topological polar surface area (TPSA) is 118 Å². The van der Waals surface area contributed by atoms with Gasteiger partial charge in [0.2, 0.25) is 0 Å². The second-order valence-electron chi connectivity index (χ2n) is 7.03. The average Bonchev–Trinajstić information content (AvgIpc) is 3.28. The van der Waals surface area contributed by atoms with Crippen LogP contribution in [-0.4, -0.2) is 32.4 Å². The molecule has 0 saturated carbocycles. The number of benzene rings is 1. The molecule has 0 spiro atoms. The van der Waals surface area contributed by atoms with Gasteiger partial charge in [-0.2, -0.15) is 0 Å². The van der Waals surface area contributed by atoms with Crippen LogP contribution in [0.25, 0.3) is 20.4 Å². The predicted molar refractivity (Wildman–Crippen MR) is 122 cm³/mol. The number of thiazole rings is 1. The Bertz CT molecular complexity index is 1320. The third-order valence-electron chi connectivity index (χ3n) is 4.82. The molecule has 0 aliphatic carbocycles. The minimum absolute atomic E-state index is 0.254. The molecular formula is C20H20N6O3S2. The number of amides is 2. The molecule has 4 rings (SSSR count). The standard InChI is InChI=1S/C20H20N6O3S2/c1-10-12(3)30-18-16(10)19(29)26(9-21-18)8-15(27)24-25-17(28)11(2)22-20-23-13-6-4-5-7-14(13)31-20/h4-7,9,11H,8H2,1-3H3,(H,22,23)(H,24,27)(H,25,28). The minimum Gasteiger partial charge on any atom is -0.350 e. The zero-order valence-electron chi connectivity index (χ0n) is 17.1. The highest BCUT2D eigenvalue weighted by molar-refractivity contribution is 7.22. The molecule has 9 nitrogen and oxygen atoms in total. The van der Waals surface area contributed by atoms with Crippen molar-refractivity contribution in [1.29, 1.82) is 0 Å². The van der Waals surface area contributed by atoms with E-state index < -0.39 is 17.9 Å². The van der Waals surface area contributed by atoms with Crippen molar-refractivity contribution in [2.24, 2.45) is 0 Å². The van der Waals surface area contributed by atoms with Gasteiger partial charge in [0.15, 0.2) is 5.13 Å². The summed E-state index contributed by atoms with van der Waals surface area (Å²) < 4.78 is 2.24. The summed E-state index contributed by atoms with van der Waals surface area (Å²) in [6, 6.07) is 7.05. The van der Waals surface area contributed by atoms with Crippen LogP contribution in [0.15, 0.2) is 35.4 Å². The zero-order chi connectivity index (χ0) is 22.1. The van der Waals surface area contributed by atoms with Gasteiger partial charge in [-0.05, 0) is 38.5 Å². The lowest BCUT2D eigenvalue weighted by molar-refractivity contribution is -0.129. The first-order valence-electron chi connectivity index (χ1n) is 9.49. The van der Waals surface area contributed by atoms with Gasteiger partial charge in [0.1, 0.15) is 17.4 Å². The molecule has 11 heteroatoms. The van der Waals surface area contributed by atoms with E-state index in [0.29, 0.717) is 15.3 Å². The van der Waals surface area contributed by atoms with E-state index >= 15 is 0 Å². The van der Waals surface area contributed by atoms with Crippen molar-refractivity contribution in [3.05, 3.63) is 51.4 Å². The lowest BCUT2D eigenvalue weighted by Crippen LogP contribution is -2.49. The van der Waals surface area contributed by atoms with Crippen molar-refractivity contribution in [2.75, 3.05) is 5.32 Å². The number of carbonyl (C=O) groups excluding carboxylic acids is 2. The molecule has 0 radical (unpaired) electrons. The van der Waals surface area contributed by atoms with Gasteiger partial charge in [0.25, 0.3) is 17.4 Å². The summed E-state index contributed by atoms with van der Waals surface area (Å²) in [4.78, 5) is 47.6. The number of anilines is 1. The Balaban J connectivity index is 1.35. The number of hydrazine groups is 1. The van der Waals surface area contributed by atoms with Gasteiger partial charge < -0.3 is 5.32 Å². The molecule has 3 heterocycles. The molecule has 160 valence electrons. The maximum Gasteiger partial charge on any atom is 0.262 e. The van der Waals surface area contributed by atoms with E-state index in [-0.39, 0.29) is 12.1 Å². The van der Waals surface area contributed by atoms with Gasteiger partial charge in [0.05, 0.1) is 21.9 Å². The predicted octanol–water partition coefficient (Wildman–Crippen LogP) is 2.33. The maximum atomic E-state index is 12.7. The van der Waals surface area contributed by atoms with Gasteiger partial charge >= 0.3 is 0 Å². The normalized spacial score (nSPS) is 12.1. The first kappa shape index (κ1) is 20.9. The lowest BCUT2D eigenvalue weighted by Gasteiger charge is -2.14. The fraction of sp³-hybridized carbons (Fsp3) is 0.250. The van der Waals surface area contributed by atoms with Crippen LogP contribution in [0.1, 0.15) is 17.4 Å². The highest BCUT2D eigenvalue weighted by Gasteiger charge is 2.17. The van der Waals surface area contributed by atoms with Crippen molar-refractivity contribution >= 4 is 60.1 Å². The minimum atomic E-state index is -0.627. The van der Waals surface area contributed by atoms with E-state index in [1.807, 2.05) is 38.1 Å². The molecule has 3 aromatic heterocycles. The molecule has 2 amide bonds. The van der Waals surface area contributed by atoms with E-state index in [2.05, 4.69) is 26.1 Å². The molecule has 1 aromatic carbocycles. The molecule has 1 unspecified atom stereocenters. The van der Waals surface area contributed by atoms with Crippen LogP contribution in [0, 0.1) is 13.8 Å².